The number of esters is 1. The average Bonchev–Trinajstić information content (AvgIpc) is 2.64. The average molecular weight is 216 g/mol. The van der Waals surface area contributed by atoms with Gasteiger partial charge in [-0.3, -0.25) is 4.79 Å². The van der Waals surface area contributed by atoms with Gasteiger partial charge in [0.1, 0.15) is 6.54 Å². The summed E-state index contributed by atoms with van der Waals surface area (Å²) in [5.41, 5.74) is 0. The van der Waals surface area contributed by atoms with Crippen LogP contribution in [0.25, 0.3) is 0 Å². The minimum atomic E-state index is -1.76. The number of halogens is 2. The molecule has 0 amide bonds. The number of hydrogen-bond acceptors (Lipinski definition) is 3. The van der Waals surface area contributed by atoms with Crippen molar-refractivity contribution in [1.29, 1.82) is 0 Å². The molecular weight excluding hydrogens is 206 g/mol. The second kappa shape index (κ2) is 5.90. The van der Waals surface area contributed by atoms with Crippen LogP contribution in [-0.2, 0) is 16.1 Å². The lowest BCUT2D eigenvalue weighted by atomic mass is 10.4. The smallest absolute Gasteiger partial charge is 0.325 e. The number of aromatic nitrogens is 2. The molecule has 1 heterocycles. The van der Waals surface area contributed by atoms with Crippen LogP contribution in [0.5, 0.6) is 0 Å². The number of hydrogen-bond donors (Lipinski definition) is 0. The van der Waals surface area contributed by atoms with E-state index < -0.39 is 12.0 Å². The van der Waals surface area contributed by atoms with Crippen molar-refractivity contribution >= 4 is 5.97 Å². The highest BCUT2D eigenvalue weighted by atomic mass is 19.3. The normalized spacial score (nSPS) is 9.73. The molecule has 6 heteroatoms. The molecule has 0 unspecified atom stereocenters. The van der Waals surface area contributed by atoms with Gasteiger partial charge in [-0.15, -0.1) is 0 Å². The van der Waals surface area contributed by atoms with E-state index in [4.69, 9.17) is 4.74 Å². The third-order valence-corrected chi connectivity index (χ3v) is 1.55. The van der Waals surface area contributed by atoms with Crippen molar-refractivity contribution in [1.82, 2.24) is 9.55 Å². The summed E-state index contributed by atoms with van der Waals surface area (Å²) < 4.78 is 29.4. The first kappa shape index (κ1) is 11.4. The van der Waals surface area contributed by atoms with Gasteiger partial charge in [0.05, 0.1) is 12.9 Å². The Labute approximate surface area is 85.2 Å². The molecule has 0 saturated heterocycles. The van der Waals surface area contributed by atoms with Gasteiger partial charge in [-0.05, 0) is 6.08 Å². The Morgan fingerprint density at radius 2 is 2.33 bits per heavy atom. The molecule has 0 aliphatic rings. The van der Waals surface area contributed by atoms with Crippen molar-refractivity contribution in [3.05, 3.63) is 30.9 Å². The Morgan fingerprint density at radius 1 is 1.53 bits per heavy atom. The van der Waals surface area contributed by atoms with Crippen LogP contribution >= 0.6 is 0 Å². The number of imidazole rings is 1. The van der Waals surface area contributed by atoms with Crippen LogP contribution < -0.4 is 0 Å². The fourth-order valence-electron chi connectivity index (χ4n) is 0.916. The molecule has 4 nitrogen and oxygen atoms in total. The molecule has 15 heavy (non-hydrogen) atoms. The van der Waals surface area contributed by atoms with Gasteiger partial charge < -0.3 is 9.30 Å². The first-order chi connectivity index (χ1) is 7.18. The lowest BCUT2D eigenvalue weighted by Crippen LogP contribution is -2.12. The van der Waals surface area contributed by atoms with Gasteiger partial charge in [-0.2, -0.15) is 8.78 Å². The quantitative estimate of drug-likeness (QED) is 0.554. The van der Waals surface area contributed by atoms with Gasteiger partial charge in [0.15, 0.2) is 0 Å². The van der Waals surface area contributed by atoms with Crippen molar-refractivity contribution in [2.75, 3.05) is 6.61 Å². The van der Waals surface area contributed by atoms with Crippen molar-refractivity contribution in [3.8, 4) is 0 Å². The molecule has 0 N–H and O–H groups in total. The number of rotatable bonds is 5. The topological polar surface area (TPSA) is 44.1 Å². The highest BCUT2D eigenvalue weighted by Crippen LogP contribution is 1.99. The molecule has 0 aliphatic carbocycles. The Bertz CT molecular complexity index is 332. The first-order valence-electron chi connectivity index (χ1n) is 4.31. The number of nitrogens with zero attached hydrogens (tertiary/aromatic N) is 2. The highest BCUT2D eigenvalue weighted by Gasteiger charge is 2.02. The van der Waals surface area contributed by atoms with E-state index in [-0.39, 0.29) is 19.6 Å². The second-order valence-corrected chi connectivity index (χ2v) is 2.74. The maximum atomic E-state index is 11.6. The summed E-state index contributed by atoms with van der Waals surface area (Å²) in [5, 5.41) is 0. The molecule has 0 aliphatic heterocycles. The molecule has 0 bridgehead atoms. The summed E-state index contributed by atoms with van der Waals surface area (Å²) in [7, 11) is 0. The summed E-state index contributed by atoms with van der Waals surface area (Å²) in [5.74, 6) is -0.472. The summed E-state index contributed by atoms with van der Waals surface area (Å²) >= 11 is 0. The predicted octanol–water partition coefficient (Wildman–Crippen LogP) is 1.60. The Hall–Kier alpha value is -1.72. The van der Waals surface area contributed by atoms with Crippen LogP contribution in [0.1, 0.15) is 6.42 Å². The van der Waals surface area contributed by atoms with Crippen molar-refractivity contribution in [2.45, 2.75) is 13.0 Å². The summed E-state index contributed by atoms with van der Waals surface area (Å²) in [6.45, 7) is 0.00664. The van der Waals surface area contributed by atoms with Crippen molar-refractivity contribution in [3.63, 3.8) is 0 Å². The maximum absolute atomic E-state index is 11.6. The largest absolute Gasteiger partial charge is 0.464 e. The minimum Gasteiger partial charge on any atom is -0.464 e. The first-order valence-corrected chi connectivity index (χ1v) is 4.31. The van der Waals surface area contributed by atoms with E-state index in [1.807, 2.05) is 0 Å². The minimum absolute atomic E-state index is 0.0258. The van der Waals surface area contributed by atoms with Crippen molar-refractivity contribution < 1.29 is 18.3 Å². The zero-order valence-corrected chi connectivity index (χ0v) is 7.90. The monoisotopic (exact) mass is 216 g/mol. The predicted molar refractivity (Wildman–Crippen MR) is 48.1 cm³/mol. The molecule has 1 rings (SSSR count). The molecule has 1 aromatic heterocycles. The zero-order valence-electron chi connectivity index (χ0n) is 7.90. The Morgan fingerprint density at radius 3 is 2.93 bits per heavy atom. The summed E-state index contributed by atoms with van der Waals surface area (Å²) in [4.78, 5) is 14.8. The number of ether oxygens (including phenoxy) is 1. The molecule has 1 aromatic rings. The molecule has 0 atom stereocenters. The van der Waals surface area contributed by atoms with Gasteiger partial charge in [-0.25, -0.2) is 4.98 Å². The van der Waals surface area contributed by atoms with E-state index in [9.17, 15) is 13.6 Å². The van der Waals surface area contributed by atoms with Crippen LogP contribution in [0.2, 0.25) is 0 Å². The lowest BCUT2D eigenvalue weighted by Gasteiger charge is -2.02. The van der Waals surface area contributed by atoms with Crippen LogP contribution in [0.4, 0.5) is 8.78 Å². The summed E-state index contributed by atoms with van der Waals surface area (Å²) in [6, 6.07) is 0. The zero-order chi connectivity index (χ0) is 11.1. The van der Waals surface area contributed by atoms with E-state index in [2.05, 4.69) is 4.98 Å². The number of carbonyl (C=O) groups is 1. The van der Waals surface area contributed by atoms with E-state index >= 15 is 0 Å². The Kier molecular flexibility index (Phi) is 4.46. The van der Waals surface area contributed by atoms with Crippen molar-refractivity contribution in [2.24, 2.45) is 0 Å². The van der Waals surface area contributed by atoms with E-state index in [1.165, 1.54) is 17.1 Å². The van der Waals surface area contributed by atoms with E-state index in [1.54, 1.807) is 6.20 Å². The van der Waals surface area contributed by atoms with Gasteiger partial charge >= 0.3 is 5.97 Å². The molecular formula is C9H10F2N2O2. The highest BCUT2D eigenvalue weighted by molar-refractivity contribution is 5.69. The molecule has 0 radical (unpaired) electrons. The fourth-order valence-corrected chi connectivity index (χ4v) is 0.916. The third kappa shape index (κ3) is 4.90. The lowest BCUT2D eigenvalue weighted by molar-refractivity contribution is -0.144. The number of carbonyl (C=O) groups excluding carboxylic acids is 1. The van der Waals surface area contributed by atoms with E-state index in [0.29, 0.717) is 6.08 Å². The van der Waals surface area contributed by atoms with Gasteiger partial charge in [0.25, 0.3) is 6.08 Å². The molecule has 82 valence electrons. The summed E-state index contributed by atoms with van der Waals surface area (Å²) in [6.07, 6.45) is 3.60. The molecule has 0 spiro atoms. The fraction of sp³-hybridized carbons (Fsp3) is 0.333. The van der Waals surface area contributed by atoms with Crippen LogP contribution in [0.3, 0.4) is 0 Å². The SMILES string of the molecule is O=C(Cn1ccnc1)OCCC=C(F)F. The molecule has 0 saturated carbocycles. The van der Waals surface area contributed by atoms with Crippen LogP contribution in [0, 0.1) is 0 Å². The van der Waals surface area contributed by atoms with Gasteiger partial charge in [0, 0.05) is 18.8 Å². The third-order valence-electron chi connectivity index (χ3n) is 1.55. The maximum Gasteiger partial charge on any atom is 0.325 e. The molecule has 0 fully saturated rings. The standard InChI is InChI=1S/C9H10F2N2O2/c10-8(11)2-1-5-15-9(14)6-13-4-3-12-7-13/h2-4,7H,1,5-6H2. The van der Waals surface area contributed by atoms with Crippen LogP contribution in [-0.4, -0.2) is 22.1 Å². The van der Waals surface area contributed by atoms with Crippen LogP contribution in [0.15, 0.2) is 30.9 Å². The molecule has 0 aromatic carbocycles. The van der Waals surface area contributed by atoms with Gasteiger partial charge in [-0.1, -0.05) is 0 Å². The van der Waals surface area contributed by atoms with E-state index in [0.717, 1.165) is 0 Å². The van der Waals surface area contributed by atoms with Gasteiger partial charge in [0.2, 0.25) is 0 Å². The second-order valence-electron chi connectivity index (χ2n) is 2.74. The Balaban J connectivity index is 2.17.